The van der Waals surface area contributed by atoms with Gasteiger partial charge in [0.15, 0.2) is 0 Å². The molecule has 0 radical (unpaired) electrons. The van der Waals surface area contributed by atoms with Crippen molar-refractivity contribution < 1.29 is 23.1 Å². The minimum absolute atomic E-state index is 0.129. The minimum atomic E-state index is -3.72. The second kappa shape index (κ2) is 8.68. The largest absolute Gasteiger partial charge is 0.480 e. The Kier molecular flexibility index (Phi) is 6.57. The van der Waals surface area contributed by atoms with Crippen molar-refractivity contribution >= 4 is 27.6 Å². The maximum absolute atomic E-state index is 12.3. The average Bonchev–Trinajstić information content (AvgIpc) is 2.66. The molecule has 2 aromatic carbocycles. The quantitative estimate of drug-likeness (QED) is 0.641. The topological polar surface area (TPSA) is 113 Å². The number of rotatable bonds is 8. The van der Waals surface area contributed by atoms with Gasteiger partial charge in [0.2, 0.25) is 0 Å². The monoisotopic (exact) mass is 390 g/mol. The number of sulfonamides is 1. The van der Waals surface area contributed by atoms with Gasteiger partial charge in [-0.25, -0.2) is 13.2 Å². The molecule has 1 amide bonds. The molecule has 0 aromatic heterocycles. The van der Waals surface area contributed by atoms with Gasteiger partial charge >= 0.3 is 5.97 Å². The van der Waals surface area contributed by atoms with Gasteiger partial charge in [-0.05, 0) is 42.3 Å². The molecule has 3 N–H and O–H groups in total. The molecule has 0 fully saturated rings. The molecule has 0 heterocycles. The average molecular weight is 390 g/mol. The number of anilines is 1. The molecule has 0 spiro atoms. The van der Waals surface area contributed by atoms with Crippen molar-refractivity contribution in [2.75, 3.05) is 4.72 Å². The molecule has 7 nitrogen and oxygen atoms in total. The standard InChI is InChI=1S/C19H22N2O5S/c1-3-13(2)17(19(23)24)20-18(22)14-9-11-15(12-10-14)21-27(25,26)16-7-5-4-6-8-16/h4-13,17,21H,3H2,1-2H3,(H,20,22)(H,23,24). The van der Waals surface area contributed by atoms with Crippen LogP contribution in [0.1, 0.15) is 30.6 Å². The van der Waals surface area contributed by atoms with Crippen molar-refractivity contribution in [3.63, 3.8) is 0 Å². The number of carboxylic acid groups (broad SMARTS) is 1. The molecule has 0 aliphatic rings. The third-order valence-electron chi connectivity index (χ3n) is 4.22. The zero-order valence-corrected chi connectivity index (χ0v) is 15.9. The van der Waals surface area contributed by atoms with E-state index >= 15 is 0 Å². The fraction of sp³-hybridized carbons (Fsp3) is 0.263. The summed E-state index contributed by atoms with van der Waals surface area (Å²) in [5.41, 5.74) is 0.541. The highest BCUT2D eigenvalue weighted by molar-refractivity contribution is 7.92. The molecule has 144 valence electrons. The van der Waals surface area contributed by atoms with Gasteiger partial charge in [-0.15, -0.1) is 0 Å². The van der Waals surface area contributed by atoms with Crippen LogP contribution in [0.25, 0.3) is 0 Å². The smallest absolute Gasteiger partial charge is 0.326 e. The van der Waals surface area contributed by atoms with Crippen LogP contribution in [0.15, 0.2) is 59.5 Å². The molecule has 2 aromatic rings. The number of hydrogen-bond acceptors (Lipinski definition) is 4. The third kappa shape index (κ3) is 5.30. The fourth-order valence-corrected chi connectivity index (χ4v) is 3.49. The first kappa shape index (κ1) is 20.4. The first-order chi connectivity index (χ1) is 12.7. The molecular weight excluding hydrogens is 368 g/mol. The Morgan fingerprint density at radius 3 is 2.15 bits per heavy atom. The number of aliphatic carboxylic acids is 1. The van der Waals surface area contributed by atoms with E-state index in [1.165, 1.54) is 36.4 Å². The summed E-state index contributed by atoms with van der Waals surface area (Å²) in [4.78, 5) is 23.7. The first-order valence-corrected chi connectivity index (χ1v) is 9.94. The summed E-state index contributed by atoms with van der Waals surface area (Å²) in [6, 6.07) is 12.7. The Balaban J connectivity index is 2.10. The van der Waals surface area contributed by atoms with Crippen molar-refractivity contribution in [1.82, 2.24) is 5.32 Å². The van der Waals surface area contributed by atoms with Gasteiger partial charge in [0, 0.05) is 11.3 Å². The number of amides is 1. The van der Waals surface area contributed by atoms with Crippen LogP contribution in [0.3, 0.4) is 0 Å². The SMILES string of the molecule is CCC(C)C(NC(=O)c1ccc(NS(=O)(=O)c2ccccc2)cc1)C(=O)O. The van der Waals surface area contributed by atoms with Gasteiger partial charge in [0.05, 0.1) is 4.90 Å². The van der Waals surface area contributed by atoms with Crippen LogP contribution >= 0.6 is 0 Å². The van der Waals surface area contributed by atoms with E-state index in [2.05, 4.69) is 10.0 Å². The number of nitrogens with one attached hydrogen (secondary N) is 2. The molecule has 0 saturated carbocycles. The van der Waals surface area contributed by atoms with Crippen molar-refractivity contribution in [3.8, 4) is 0 Å². The van der Waals surface area contributed by atoms with E-state index in [9.17, 15) is 23.1 Å². The Bertz CT molecular complexity index is 895. The molecule has 27 heavy (non-hydrogen) atoms. The summed E-state index contributed by atoms with van der Waals surface area (Å²) in [5.74, 6) is -1.84. The molecule has 2 unspecified atom stereocenters. The normalized spacial score (nSPS) is 13.4. The van der Waals surface area contributed by atoms with Gasteiger partial charge in [0.25, 0.3) is 15.9 Å². The summed E-state index contributed by atoms with van der Waals surface area (Å²) in [7, 11) is -3.72. The van der Waals surface area contributed by atoms with Gasteiger partial charge in [-0.3, -0.25) is 9.52 Å². The van der Waals surface area contributed by atoms with Gasteiger partial charge in [-0.1, -0.05) is 38.5 Å². The van der Waals surface area contributed by atoms with Crippen LogP contribution in [0.4, 0.5) is 5.69 Å². The van der Waals surface area contributed by atoms with E-state index in [0.29, 0.717) is 12.1 Å². The van der Waals surface area contributed by atoms with Crippen LogP contribution in [0.2, 0.25) is 0 Å². The second-order valence-corrected chi connectivity index (χ2v) is 7.85. The Hall–Kier alpha value is -2.87. The molecule has 0 aliphatic heterocycles. The Labute approximate surface area is 158 Å². The molecule has 8 heteroatoms. The lowest BCUT2D eigenvalue weighted by molar-refractivity contribution is -0.140. The van der Waals surface area contributed by atoms with Crippen molar-refractivity contribution in [3.05, 3.63) is 60.2 Å². The number of carbonyl (C=O) groups is 2. The molecule has 2 rings (SSSR count). The Morgan fingerprint density at radius 1 is 1.04 bits per heavy atom. The summed E-state index contributed by atoms with van der Waals surface area (Å²) in [6.45, 7) is 3.60. The number of carboxylic acids is 1. The van der Waals surface area contributed by atoms with E-state index in [0.717, 1.165) is 0 Å². The van der Waals surface area contributed by atoms with E-state index in [-0.39, 0.29) is 16.4 Å². The summed E-state index contributed by atoms with van der Waals surface area (Å²) in [5, 5.41) is 11.8. The number of benzene rings is 2. The zero-order valence-electron chi connectivity index (χ0n) is 15.0. The maximum Gasteiger partial charge on any atom is 0.326 e. The summed E-state index contributed by atoms with van der Waals surface area (Å²) in [6.07, 6.45) is 0.609. The van der Waals surface area contributed by atoms with E-state index in [1.807, 2.05) is 6.92 Å². The van der Waals surface area contributed by atoms with Crippen LogP contribution in [-0.4, -0.2) is 31.4 Å². The van der Waals surface area contributed by atoms with Gasteiger partial charge in [-0.2, -0.15) is 0 Å². The van der Waals surface area contributed by atoms with E-state index in [1.54, 1.807) is 25.1 Å². The fourth-order valence-electron chi connectivity index (χ4n) is 2.41. The molecule has 0 saturated heterocycles. The lowest BCUT2D eigenvalue weighted by Crippen LogP contribution is -2.45. The predicted molar refractivity (Wildman–Crippen MR) is 102 cm³/mol. The molecule has 0 aliphatic carbocycles. The second-order valence-electron chi connectivity index (χ2n) is 6.17. The van der Waals surface area contributed by atoms with Crippen molar-refractivity contribution in [2.45, 2.75) is 31.2 Å². The first-order valence-electron chi connectivity index (χ1n) is 8.46. The zero-order chi connectivity index (χ0) is 20.0. The number of hydrogen-bond donors (Lipinski definition) is 3. The Morgan fingerprint density at radius 2 is 1.63 bits per heavy atom. The molecule has 0 bridgehead atoms. The number of carbonyl (C=O) groups excluding carboxylic acids is 1. The van der Waals surface area contributed by atoms with E-state index in [4.69, 9.17) is 0 Å². The third-order valence-corrected chi connectivity index (χ3v) is 5.62. The van der Waals surface area contributed by atoms with Crippen LogP contribution in [0.5, 0.6) is 0 Å². The highest BCUT2D eigenvalue weighted by Gasteiger charge is 2.25. The predicted octanol–water partition coefficient (Wildman–Crippen LogP) is 2.72. The lowest BCUT2D eigenvalue weighted by Gasteiger charge is -2.20. The molecular formula is C19H22N2O5S. The highest BCUT2D eigenvalue weighted by atomic mass is 32.2. The summed E-state index contributed by atoms with van der Waals surface area (Å²) < 4.78 is 27.0. The van der Waals surface area contributed by atoms with E-state index < -0.39 is 27.9 Å². The molecule has 2 atom stereocenters. The van der Waals surface area contributed by atoms with Crippen LogP contribution in [-0.2, 0) is 14.8 Å². The van der Waals surface area contributed by atoms with Crippen molar-refractivity contribution in [2.24, 2.45) is 5.92 Å². The van der Waals surface area contributed by atoms with Gasteiger partial charge < -0.3 is 10.4 Å². The van der Waals surface area contributed by atoms with Gasteiger partial charge in [0.1, 0.15) is 6.04 Å². The van der Waals surface area contributed by atoms with Crippen molar-refractivity contribution in [1.29, 1.82) is 0 Å². The lowest BCUT2D eigenvalue weighted by atomic mass is 9.99. The highest BCUT2D eigenvalue weighted by Crippen LogP contribution is 2.17. The summed E-state index contributed by atoms with van der Waals surface area (Å²) >= 11 is 0. The van der Waals surface area contributed by atoms with Crippen LogP contribution in [0, 0.1) is 5.92 Å². The maximum atomic E-state index is 12.3. The van der Waals surface area contributed by atoms with Crippen LogP contribution < -0.4 is 10.0 Å². The minimum Gasteiger partial charge on any atom is -0.480 e.